The number of urea groups is 1. The Labute approximate surface area is 113 Å². The maximum Gasteiger partial charge on any atom is 0.317 e. The van der Waals surface area contributed by atoms with Crippen LogP contribution in [0.1, 0.15) is 26.2 Å². The molecule has 0 spiro atoms. The standard InChI is InChI=1S/C13H22N2O4/c1-3-13(4-5-13)8-14-12(18)15(2)10-7-19-6-9(10)11(16)17/h9-10H,3-8H2,1-2H3,(H,14,18)(H,16,17). The summed E-state index contributed by atoms with van der Waals surface area (Å²) in [4.78, 5) is 24.6. The van der Waals surface area contributed by atoms with Gasteiger partial charge in [0.2, 0.25) is 0 Å². The Balaban J connectivity index is 1.86. The molecule has 1 heterocycles. The van der Waals surface area contributed by atoms with E-state index < -0.39 is 11.9 Å². The third-order valence-corrected chi connectivity index (χ3v) is 4.51. The fourth-order valence-electron chi connectivity index (χ4n) is 2.53. The Morgan fingerprint density at radius 2 is 2.11 bits per heavy atom. The monoisotopic (exact) mass is 270 g/mol. The van der Waals surface area contributed by atoms with Gasteiger partial charge in [-0.05, 0) is 24.7 Å². The number of carbonyl (C=O) groups is 2. The minimum absolute atomic E-state index is 0.177. The van der Waals surface area contributed by atoms with Crippen molar-refractivity contribution in [2.45, 2.75) is 32.2 Å². The number of carboxylic acid groups (broad SMARTS) is 1. The molecule has 2 fully saturated rings. The summed E-state index contributed by atoms with van der Waals surface area (Å²) in [5.74, 6) is -1.54. The van der Waals surface area contributed by atoms with E-state index in [0.717, 1.165) is 19.3 Å². The van der Waals surface area contributed by atoms with Crippen LogP contribution in [0.15, 0.2) is 0 Å². The zero-order valence-corrected chi connectivity index (χ0v) is 11.5. The number of aliphatic carboxylic acids is 1. The molecule has 1 aliphatic carbocycles. The summed E-state index contributed by atoms with van der Waals surface area (Å²) in [5, 5.41) is 12.0. The normalized spacial score (nSPS) is 27.9. The quantitative estimate of drug-likeness (QED) is 0.778. The number of likely N-dealkylation sites (N-methyl/N-ethyl adjacent to an activating group) is 1. The largest absolute Gasteiger partial charge is 0.481 e. The maximum absolute atomic E-state index is 12.1. The molecule has 1 saturated heterocycles. The number of carboxylic acids is 1. The summed E-state index contributed by atoms with van der Waals surface area (Å²) in [6.07, 6.45) is 3.40. The number of ether oxygens (including phenoxy) is 1. The third kappa shape index (κ3) is 3.00. The second kappa shape index (κ2) is 5.36. The lowest BCUT2D eigenvalue weighted by atomic mass is 10.0. The fraction of sp³-hybridized carbons (Fsp3) is 0.846. The van der Waals surface area contributed by atoms with Crippen LogP contribution < -0.4 is 5.32 Å². The van der Waals surface area contributed by atoms with Crippen molar-refractivity contribution < 1.29 is 19.4 Å². The van der Waals surface area contributed by atoms with E-state index in [4.69, 9.17) is 9.84 Å². The van der Waals surface area contributed by atoms with Gasteiger partial charge in [-0.1, -0.05) is 6.92 Å². The molecule has 0 aromatic carbocycles. The van der Waals surface area contributed by atoms with Crippen LogP contribution in [0, 0.1) is 11.3 Å². The van der Waals surface area contributed by atoms with Crippen molar-refractivity contribution in [2.75, 3.05) is 26.8 Å². The first-order chi connectivity index (χ1) is 8.99. The summed E-state index contributed by atoms with van der Waals surface area (Å²) in [5.41, 5.74) is 0.287. The van der Waals surface area contributed by atoms with Crippen LogP contribution in [-0.2, 0) is 9.53 Å². The summed E-state index contributed by atoms with van der Waals surface area (Å²) >= 11 is 0. The maximum atomic E-state index is 12.1. The average Bonchev–Trinajstić information content (AvgIpc) is 3.01. The van der Waals surface area contributed by atoms with E-state index in [9.17, 15) is 9.59 Å². The van der Waals surface area contributed by atoms with Crippen molar-refractivity contribution >= 4 is 12.0 Å². The summed E-state index contributed by atoms with van der Waals surface area (Å²) in [7, 11) is 1.64. The predicted molar refractivity (Wildman–Crippen MR) is 68.9 cm³/mol. The van der Waals surface area contributed by atoms with Crippen LogP contribution in [0.2, 0.25) is 0 Å². The van der Waals surface area contributed by atoms with Crippen molar-refractivity contribution in [1.29, 1.82) is 0 Å². The number of rotatable bonds is 5. The lowest BCUT2D eigenvalue weighted by Gasteiger charge is -2.27. The molecule has 2 aliphatic rings. The molecule has 6 heteroatoms. The molecule has 2 N–H and O–H groups in total. The molecule has 2 atom stereocenters. The van der Waals surface area contributed by atoms with Gasteiger partial charge in [0.25, 0.3) is 0 Å². The minimum atomic E-state index is -0.908. The summed E-state index contributed by atoms with van der Waals surface area (Å²) in [6, 6.07) is -0.587. The molecule has 0 bridgehead atoms. The van der Waals surface area contributed by atoms with Crippen LogP contribution in [0.3, 0.4) is 0 Å². The van der Waals surface area contributed by atoms with Gasteiger partial charge in [-0.15, -0.1) is 0 Å². The van der Waals surface area contributed by atoms with Gasteiger partial charge >= 0.3 is 12.0 Å². The Hall–Kier alpha value is -1.30. The van der Waals surface area contributed by atoms with E-state index >= 15 is 0 Å². The minimum Gasteiger partial charge on any atom is -0.481 e. The molecule has 1 aliphatic heterocycles. The highest BCUT2D eigenvalue weighted by molar-refractivity contribution is 5.77. The summed E-state index contributed by atoms with van der Waals surface area (Å²) < 4.78 is 5.18. The second-order valence-corrected chi connectivity index (χ2v) is 5.67. The number of carbonyl (C=O) groups excluding carboxylic acids is 1. The highest BCUT2D eigenvalue weighted by Crippen LogP contribution is 2.47. The van der Waals surface area contributed by atoms with E-state index in [1.165, 1.54) is 4.90 Å². The number of amides is 2. The first-order valence-corrected chi connectivity index (χ1v) is 6.80. The fourth-order valence-corrected chi connectivity index (χ4v) is 2.53. The van der Waals surface area contributed by atoms with Gasteiger partial charge < -0.3 is 20.1 Å². The zero-order chi connectivity index (χ0) is 14.0. The second-order valence-electron chi connectivity index (χ2n) is 5.67. The van der Waals surface area contributed by atoms with E-state index in [-0.39, 0.29) is 24.1 Å². The predicted octanol–water partition coefficient (Wildman–Crippen LogP) is 0.918. The van der Waals surface area contributed by atoms with Gasteiger partial charge in [-0.2, -0.15) is 0 Å². The molecular formula is C13H22N2O4. The Kier molecular flexibility index (Phi) is 3.99. The van der Waals surface area contributed by atoms with Crippen molar-refractivity contribution in [2.24, 2.45) is 11.3 Å². The molecule has 6 nitrogen and oxygen atoms in total. The smallest absolute Gasteiger partial charge is 0.317 e. The third-order valence-electron chi connectivity index (χ3n) is 4.51. The molecule has 0 aromatic rings. The zero-order valence-electron chi connectivity index (χ0n) is 11.5. The van der Waals surface area contributed by atoms with Crippen LogP contribution in [0.25, 0.3) is 0 Å². The molecule has 1 saturated carbocycles. The van der Waals surface area contributed by atoms with Gasteiger partial charge in [0, 0.05) is 13.6 Å². The van der Waals surface area contributed by atoms with E-state index in [0.29, 0.717) is 13.2 Å². The molecular weight excluding hydrogens is 248 g/mol. The van der Waals surface area contributed by atoms with E-state index in [1.807, 2.05) is 0 Å². The number of nitrogens with zero attached hydrogens (tertiary/aromatic N) is 1. The van der Waals surface area contributed by atoms with Crippen LogP contribution in [-0.4, -0.2) is 54.9 Å². The molecule has 2 amide bonds. The van der Waals surface area contributed by atoms with Crippen LogP contribution in [0.5, 0.6) is 0 Å². The van der Waals surface area contributed by atoms with Crippen LogP contribution in [0.4, 0.5) is 4.79 Å². The lowest BCUT2D eigenvalue weighted by Crippen LogP contribution is -2.49. The van der Waals surface area contributed by atoms with Gasteiger partial charge in [-0.25, -0.2) is 4.79 Å². The first kappa shape index (κ1) is 14.1. The van der Waals surface area contributed by atoms with Crippen molar-refractivity contribution in [1.82, 2.24) is 10.2 Å². The first-order valence-electron chi connectivity index (χ1n) is 6.80. The molecule has 108 valence electrons. The summed E-state index contributed by atoms with van der Waals surface area (Å²) in [6.45, 7) is 3.28. The topological polar surface area (TPSA) is 78.9 Å². The van der Waals surface area contributed by atoms with E-state index in [1.54, 1.807) is 7.05 Å². The molecule has 0 radical (unpaired) electrons. The Morgan fingerprint density at radius 3 is 2.63 bits per heavy atom. The number of hydrogen-bond donors (Lipinski definition) is 2. The van der Waals surface area contributed by atoms with Crippen molar-refractivity contribution in [3.63, 3.8) is 0 Å². The van der Waals surface area contributed by atoms with Gasteiger partial charge in [0.15, 0.2) is 0 Å². The van der Waals surface area contributed by atoms with Gasteiger partial charge in [-0.3, -0.25) is 4.79 Å². The Bertz CT molecular complexity index is 368. The van der Waals surface area contributed by atoms with Crippen LogP contribution >= 0.6 is 0 Å². The van der Waals surface area contributed by atoms with Gasteiger partial charge in [0.05, 0.1) is 19.3 Å². The number of nitrogens with one attached hydrogen (secondary N) is 1. The molecule has 2 unspecified atom stereocenters. The highest BCUT2D eigenvalue weighted by Gasteiger charge is 2.42. The van der Waals surface area contributed by atoms with E-state index in [2.05, 4.69) is 12.2 Å². The highest BCUT2D eigenvalue weighted by atomic mass is 16.5. The van der Waals surface area contributed by atoms with Crippen molar-refractivity contribution in [3.8, 4) is 0 Å². The molecule has 2 rings (SSSR count). The SMILES string of the molecule is CCC1(CNC(=O)N(C)C2COCC2C(=O)O)CC1. The molecule has 0 aromatic heterocycles. The Morgan fingerprint density at radius 1 is 1.42 bits per heavy atom. The lowest BCUT2D eigenvalue weighted by molar-refractivity contribution is -0.142. The number of hydrogen-bond acceptors (Lipinski definition) is 3. The van der Waals surface area contributed by atoms with Gasteiger partial charge in [0.1, 0.15) is 5.92 Å². The average molecular weight is 270 g/mol. The molecule has 19 heavy (non-hydrogen) atoms. The van der Waals surface area contributed by atoms with Crippen molar-refractivity contribution in [3.05, 3.63) is 0 Å².